The topological polar surface area (TPSA) is 98.3 Å². The van der Waals surface area contributed by atoms with Crippen LogP contribution < -0.4 is 15.4 Å². The van der Waals surface area contributed by atoms with Crippen LogP contribution >= 0.6 is 0 Å². The molecule has 4 heterocycles. The molecule has 2 aromatic heterocycles. The molecule has 0 radical (unpaired) electrons. The van der Waals surface area contributed by atoms with Gasteiger partial charge in [0.2, 0.25) is 11.9 Å². The van der Waals surface area contributed by atoms with Crippen molar-refractivity contribution < 1.29 is 31.1 Å². The maximum atomic E-state index is 13.7. The molecule has 15 heteroatoms. The molecule has 1 amide bonds. The molecule has 2 aliphatic rings. The largest absolute Gasteiger partial charge is 0.421 e. The Kier molecular flexibility index (Phi) is 6.68. The van der Waals surface area contributed by atoms with Crippen LogP contribution in [0.1, 0.15) is 23.1 Å². The molecule has 1 atom stereocenters. The van der Waals surface area contributed by atoms with Gasteiger partial charge in [-0.25, -0.2) is 15.1 Å². The molecule has 3 aromatic rings. The van der Waals surface area contributed by atoms with Crippen LogP contribution in [-0.2, 0) is 23.6 Å². The van der Waals surface area contributed by atoms with Crippen molar-refractivity contribution in [2.45, 2.75) is 31.2 Å². The second-order valence-electron chi connectivity index (χ2n) is 9.10. The van der Waals surface area contributed by atoms with Gasteiger partial charge in [0, 0.05) is 50.3 Å². The monoisotopic (exact) mass is 553 g/mol. The number of benzene rings is 1. The fourth-order valence-electron chi connectivity index (χ4n) is 4.76. The predicted molar refractivity (Wildman–Crippen MR) is 126 cm³/mol. The van der Waals surface area contributed by atoms with Crippen LogP contribution in [0.2, 0.25) is 0 Å². The normalized spacial score (nSPS) is 18.2. The van der Waals surface area contributed by atoms with Crippen molar-refractivity contribution in [1.29, 1.82) is 0 Å². The highest BCUT2D eigenvalue weighted by Gasteiger charge is 2.40. The molecule has 2 aliphatic heterocycles. The van der Waals surface area contributed by atoms with Crippen LogP contribution in [0.4, 0.5) is 43.8 Å². The third-order valence-corrected chi connectivity index (χ3v) is 6.72. The summed E-state index contributed by atoms with van der Waals surface area (Å²) in [6.45, 7) is 0.884. The van der Waals surface area contributed by atoms with E-state index in [2.05, 4.69) is 15.1 Å². The van der Waals surface area contributed by atoms with Crippen LogP contribution in [-0.4, -0.2) is 63.2 Å². The molecule has 206 valence electrons. The number of anilines is 3. The van der Waals surface area contributed by atoms with Crippen molar-refractivity contribution in [3.63, 3.8) is 0 Å². The van der Waals surface area contributed by atoms with Crippen LogP contribution in [0, 0.1) is 0 Å². The van der Waals surface area contributed by atoms with E-state index in [0.29, 0.717) is 37.0 Å². The van der Waals surface area contributed by atoms with Crippen molar-refractivity contribution in [3.8, 4) is 0 Å². The number of carbonyl (C=O) groups is 1. The number of hydrogen-bond donors (Lipinski definition) is 1. The smallest absolute Gasteiger partial charge is 0.337 e. The number of para-hydroxylation sites is 1. The van der Waals surface area contributed by atoms with E-state index in [4.69, 9.17) is 0 Å². The molecular weight excluding hydrogens is 532 g/mol. The van der Waals surface area contributed by atoms with E-state index in [0.717, 1.165) is 5.56 Å². The summed E-state index contributed by atoms with van der Waals surface area (Å²) in [6, 6.07) is 6.70. The number of nitrogens with zero attached hydrogens (tertiary/aromatic N) is 6. The van der Waals surface area contributed by atoms with E-state index >= 15 is 0 Å². The van der Waals surface area contributed by atoms with Crippen LogP contribution in [0.5, 0.6) is 0 Å². The predicted octanol–water partition coefficient (Wildman–Crippen LogP) is 3.40. The Morgan fingerprint density at radius 3 is 2.26 bits per heavy atom. The first-order valence-electron chi connectivity index (χ1n) is 11.9. The molecule has 9 nitrogen and oxygen atoms in total. The fourth-order valence-corrected chi connectivity index (χ4v) is 4.76. The molecule has 1 N–H and O–H groups in total. The first kappa shape index (κ1) is 26.4. The highest BCUT2D eigenvalue weighted by Crippen LogP contribution is 2.38. The zero-order valence-electron chi connectivity index (χ0n) is 20.1. The van der Waals surface area contributed by atoms with E-state index in [-0.39, 0.29) is 43.9 Å². The van der Waals surface area contributed by atoms with Crippen LogP contribution in [0.3, 0.4) is 0 Å². The van der Waals surface area contributed by atoms with Crippen molar-refractivity contribution in [2.75, 3.05) is 36.0 Å². The summed E-state index contributed by atoms with van der Waals surface area (Å²) in [5.41, 5.74) is -2.46. The number of piperazine rings is 1. The van der Waals surface area contributed by atoms with Crippen LogP contribution in [0.15, 0.2) is 47.5 Å². The minimum absolute atomic E-state index is 0.0976. The maximum absolute atomic E-state index is 13.7. The van der Waals surface area contributed by atoms with Crippen molar-refractivity contribution in [3.05, 3.63) is 69.8 Å². The summed E-state index contributed by atoms with van der Waals surface area (Å²) >= 11 is 0. The van der Waals surface area contributed by atoms with E-state index in [9.17, 15) is 35.9 Å². The molecule has 1 aromatic carbocycles. The number of amides is 1. The van der Waals surface area contributed by atoms with Gasteiger partial charge >= 0.3 is 12.4 Å². The number of aromatic nitrogens is 4. The zero-order chi connectivity index (χ0) is 27.9. The number of hydrogen-bond acceptors (Lipinski definition) is 7. The fraction of sp³-hybridized carbons (Fsp3) is 0.375. The number of halogens is 6. The lowest BCUT2D eigenvalue weighted by Gasteiger charge is -2.41. The minimum atomic E-state index is -4.92. The Hall–Kier alpha value is -4.17. The van der Waals surface area contributed by atoms with Gasteiger partial charge in [-0.1, -0.05) is 18.2 Å². The lowest BCUT2D eigenvalue weighted by atomic mass is 9.94. The first-order chi connectivity index (χ1) is 18.4. The summed E-state index contributed by atoms with van der Waals surface area (Å²) in [6.07, 6.45) is -7.29. The molecule has 1 fully saturated rings. The summed E-state index contributed by atoms with van der Waals surface area (Å²) in [4.78, 5) is 37.7. The maximum Gasteiger partial charge on any atom is 0.421 e. The van der Waals surface area contributed by atoms with Crippen molar-refractivity contribution in [2.24, 2.45) is 0 Å². The summed E-state index contributed by atoms with van der Waals surface area (Å²) < 4.78 is 78.9. The average Bonchev–Trinajstić information content (AvgIpc) is 2.91. The molecule has 0 bridgehead atoms. The molecule has 39 heavy (non-hydrogen) atoms. The van der Waals surface area contributed by atoms with E-state index in [1.165, 1.54) is 4.90 Å². The summed E-state index contributed by atoms with van der Waals surface area (Å²) in [5, 5.41) is 5.74. The van der Waals surface area contributed by atoms with Gasteiger partial charge in [-0.3, -0.25) is 9.59 Å². The lowest BCUT2D eigenvalue weighted by Crippen LogP contribution is -2.55. The number of aryl methyl sites for hydroxylation is 1. The van der Waals surface area contributed by atoms with Gasteiger partial charge in [-0.05, 0) is 24.5 Å². The van der Waals surface area contributed by atoms with Gasteiger partial charge in [0.1, 0.15) is 11.6 Å². The minimum Gasteiger partial charge on any atom is -0.337 e. The number of aromatic amines is 1. The van der Waals surface area contributed by atoms with Gasteiger partial charge in [-0.15, -0.1) is 0 Å². The first-order valence-corrected chi connectivity index (χ1v) is 11.9. The number of fused-ring (bicyclic) bond motifs is 1. The highest BCUT2D eigenvalue weighted by atomic mass is 19.4. The number of nitrogens with one attached hydrogen (secondary N) is 1. The van der Waals surface area contributed by atoms with Gasteiger partial charge in [-0.2, -0.15) is 31.4 Å². The molecule has 0 saturated carbocycles. The average molecular weight is 553 g/mol. The van der Waals surface area contributed by atoms with Gasteiger partial charge in [0.25, 0.3) is 5.56 Å². The van der Waals surface area contributed by atoms with Gasteiger partial charge < -0.3 is 14.7 Å². The number of alkyl halides is 6. The quantitative estimate of drug-likeness (QED) is 0.497. The van der Waals surface area contributed by atoms with E-state index < -0.39 is 35.1 Å². The molecule has 0 spiro atoms. The Labute approximate surface area is 217 Å². The number of carbonyl (C=O) groups excluding carboxylic acids is 1. The highest BCUT2D eigenvalue weighted by molar-refractivity contribution is 5.89. The van der Waals surface area contributed by atoms with E-state index in [1.807, 2.05) is 11.2 Å². The lowest BCUT2D eigenvalue weighted by molar-refractivity contribution is -0.139. The standard InChI is InChI=1S/C24H21F6N7O2/c25-23(26,27)15-12-31-22(32-13-15)36-9-7-35(8-10-36)21(39)18-6-5-14-3-1-2-4-17(14)37(18)19-11-16(24(28,29)30)20(38)34-33-19/h1-4,11-13,18H,5-10H2,(H,34,38)/t18-/m0/s1. The van der Waals surface area contributed by atoms with E-state index in [1.54, 1.807) is 28.0 Å². The van der Waals surface area contributed by atoms with Gasteiger partial charge in [0.15, 0.2) is 5.82 Å². The second kappa shape index (κ2) is 9.85. The Morgan fingerprint density at radius 1 is 0.949 bits per heavy atom. The Morgan fingerprint density at radius 2 is 1.62 bits per heavy atom. The summed E-state index contributed by atoms with van der Waals surface area (Å²) in [5.74, 6) is -0.469. The van der Waals surface area contributed by atoms with Crippen LogP contribution in [0.25, 0.3) is 0 Å². The van der Waals surface area contributed by atoms with Gasteiger partial charge in [0.05, 0.1) is 5.56 Å². The Bertz CT molecular complexity index is 1420. The molecule has 0 unspecified atom stereocenters. The molecule has 0 aliphatic carbocycles. The van der Waals surface area contributed by atoms with Crippen molar-refractivity contribution in [1.82, 2.24) is 25.1 Å². The third-order valence-electron chi connectivity index (χ3n) is 6.72. The SMILES string of the molecule is O=C([C@@H]1CCc2ccccc2N1c1cc(C(F)(F)F)c(=O)[nH]n1)N1CCN(c2ncc(C(F)(F)F)cn2)CC1. The second-order valence-corrected chi connectivity index (χ2v) is 9.10. The Balaban J connectivity index is 1.38. The van der Waals surface area contributed by atoms with Crippen molar-refractivity contribution >= 4 is 23.4 Å². The molecule has 5 rings (SSSR count). The molecular formula is C24H21F6N7O2. The third kappa shape index (κ3) is 5.25. The number of H-pyrrole nitrogens is 1. The number of rotatable bonds is 3. The zero-order valence-corrected chi connectivity index (χ0v) is 20.1. The summed E-state index contributed by atoms with van der Waals surface area (Å²) in [7, 11) is 0. The molecule has 1 saturated heterocycles.